The minimum Gasteiger partial charge on any atom is -0.293 e. The van der Waals surface area contributed by atoms with Gasteiger partial charge in [0.1, 0.15) is 21.7 Å². The molecule has 0 amide bonds. The van der Waals surface area contributed by atoms with Crippen molar-refractivity contribution in [1.29, 1.82) is 5.26 Å². The Morgan fingerprint density at radius 3 is 2.68 bits per heavy atom. The van der Waals surface area contributed by atoms with Crippen LogP contribution in [-0.2, 0) is 32.9 Å². The summed E-state index contributed by atoms with van der Waals surface area (Å²) in [5.74, 6) is -0.682. The average Bonchev–Trinajstić information content (AvgIpc) is 2.89. The van der Waals surface area contributed by atoms with Crippen LogP contribution in [0.2, 0.25) is 0 Å². The highest BCUT2D eigenvalue weighted by molar-refractivity contribution is 7.90. The predicted molar refractivity (Wildman–Crippen MR) is 141 cm³/mol. The molecular formula is C29H27FN4O3S. The van der Waals surface area contributed by atoms with E-state index in [0.29, 0.717) is 46.9 Å². The Hall–Kier alpha value is -3.77. The van der Waals surface area contributed by atoms with Crippen LogP contribution in [-0.4, -0.2) is 41.2 Å². The Labute approximate surface area is 221 Å². The van der Waals surface area contributed by atoms with Gasteiger partial charge in [-0.15, -0.1) is 0 Å². The summed E-state index contributed by atoms with van der Waals surface area (Å²) in [5.41, 5.74) is 2.91. The first-order valence-electron chi connectivity index (χ1n) is 12.5. The second-order valence-corrected chi connectivity index (χ2v) is 12.6. The van der Waals surface area contributed by atoms with Crippen molar-refractivity contribution in [2.45, 2.75) is 38.5 Å². The largest absolute Gasteiger partial charge is 0.293 e. The lowest BCUT2D eigenvalue weighted by Gasteiger charge is -2.45. The lowest BCUT2D eigenvalue weighted by Crippen LogP contribution is -2.46. The minimum atomic E-state index is -3.17. The van der Waals surface area contributed by atoms with Crippen molar-refractivity contribution in [3.05, 3.63) is 77.0 Å². The number of fused-ring (bicyclic) bond motifs is 3. The molecule has 0 radical (unpaired) electrons. The van der Waals surface area contributed by atoms with Gasteiger partial charge < -0.3 is 0 Å². The molecule has 0 saturated heterocycles. The van der Waals surface area contributed by atoms with Gasteiger partial charge in [-0.3, -0.25) is 9.78 Å². The summed E-state index contributed by atoms with van der Waals surface area (Å²) in [4.78, 5) is 27.0. The third kappa shape index (κ3) is 4.54. The summed E-state index contributed by atoms with van der Waals surface area (Å²) in [6.07, 6.45) is 5.98. The Morgan fingerprint density at radius 1 is 1.21 bits per heavy atom. The van der Waals surface area contributed by atoms with Crippen LogP contribution in [0, 0.1) is 29.0 Å². The third-order valence-corrected chi connectivity index (χ3v) is 8.72. The lowest BCUT2D eigenvalue weighted by molar-refractivity contribution is -0.121. The van der Waals surface area contributed by atoms with Crippen LogP contribution in [0.4, 0.5) is 4.39 Å². The number of nitriles is 1. The van der Waals surface area contributed by atoms with Crippen molar-refractivity contribution >= 4 is 15.6 Å². The number of carbonyl (C=O) groups excluding carboxylic acids is 1. The second kappa shape index (κ2) is 9.52. The SMILES string of the molecule is C[C@H]1C(=O)C(C#N)=C[C@@]2(C)c3nc(-c4ccnc(CCS(C)(=O)=O)c4)nc(-c4ccccc4F)c3CC[C@H]12. The minimum absolute atomic E-state index is 0.0393. The van der Waals surface area contributed by atoms with Crippen molar-refractivity contribution in [2.75, 3.05) is 12.0 Å². The number of pyridine rings is 1. The molecule has 2 heterocycles. The fourth-order valence-corrected chi connectivity index (χ4v) is 6.40. The first-order valence-corrected chi connectivity index (χ1v) is 14.5. The summed E-state index contributed by atoms with van der Waals surface area (Å²) in [6, 6.07) is 12.0. The third-order valence-electron chi connectivity index (χ3n) is 7.77. The molecule has 5 rings (SSSR count). The van der Waals surface area contributed by atoms with Crippen LogP contribution in [0.3, 0.4) is 0 Å². The summed E-state index contributed by atoms with van der Waals surface area (Å²) in [6.45, 7) is 3.85. The van der Waals surface area contributed by atoms with Crippen molar-refractivity contribution in [3.8, 4) is 28.7 Å². The van der Waals surface area contributed by atoms with E-state index in [2.05, 4.69) is 11.1 Å². The van der Waals surface area contributed by atoms with Crippen molar-refractivity contribution in [3.63, 3.8) is 0 Å². The summed E-state index contributed by atoms with van der Waals surface area (Å²) < 4.78 is 38.5. The van der Waals surface area contributed by atoms with E-state index in [0.717, 1.165) is 5.56 Å². The number of hydrogen-bond donors (Lipinski definition) is 0. The molecule has 2 aliphatic rings. The van der Waals surface area contributed by atoms with Crippen LogP contribution in [0.1, 0.15) is 37.2 Å². The molecule has 194 valence electrons. The molecule has 0 spiro atoms. The molecule has 2 aliphatic carbocycles. The molecule has 7 nitrogen and oxygen atoms in total. The Morgan fingerprint density at radius 2 is 1.97 bits per heavy atom. The number of aryl methyl sites for hydroxylation is 1. The number of nitrogens with zero attached hydrogens (tertiary/aromatic N) is 4. The van der Waals surface area contributed by atoms with Crippen LogP contribution >= 0.6 is 0 Å². The number of carbonyl (C=O) groups is 1. The Kier molecular flexibility index (Phi) is 6.48. The standard InChI is InChI=1S/C29H27FN4O3S/c1-17-23-9-8-22-25(21-6-4-5-7-24(21)30)33-28(18-10-12-32-20(14-18)11-13-38(3,36)37)34-27(22)29(23,2)15-19(16-31)26(17)35/h4-7,10,12,14-15,17,23H,8-9,11,13H2,1-3H3/t17-,23-,29-/m1/s1. The topological polar surface area (TPSA) is 114 Å². The quantitative estimate of drug-likeness (QED) is 0.480. The molecule has 0 N–H and O–H groups in total. The lowest BCUT2D eigenvalue weighted by atomic mass is 9.57. The molecule has 9 heteroatoms. The van der Waals surface area contributed by atoms with Gasteiger partial charge in [0.15, 0.2) is 11.6 Å². The number of hydrogen-bond acceptors (Lipinski definition) is 7. The van der Waals surface area contributed by atoms with Gasteiger partial charge in [0.2, 0.25) is 0 Å². The van der Waals surface area contributed by atoms with Crippen LogP contribution in [0.5, 0.6) is 0 Å². The van der Waals surface area contributed by atoms with Crippen molar-refractivity contribution in [2.24, 2.45) is 11.8 Å². The van der Waals surface area contributed by atoms with E-state index < -0.39 is 21.1 Å². The highest BCUT2D eigenvalue weighted by Gasteiger charge is 2.49. The van der Waals surface area contributed by atoms with E-state index in [4.69, 9.17) is 9.97 Å². The molecule has 3 aromatic rings. The molecule has 38 heavy (non-hydrogen) atoms. The van der Waals surface area contributed by atoms with E-state index in [1.165, 1.54) is 12.3 Å². The zero-order valence-corrected chi connectivity index (χ0v) is 22.2. The van der Waals surface area contributed by atoms with E-state index in [1.807, 2.05) is 13.8 Å². The maximum Gasteiger partial charge on any atom is 0.176 e. The first kappa shape index (κ1) is 25.9. The number of sulfone groups is 1. The second-order valence-electron chi connectivity index (χ2n) is 10.4. The molecular weight excluding hydrogens is 503 g/mol. The number of benzene rings is 1. The number of halogens is 1. The summed E-state index contributed by atoms with van der Waals surface area (Å²) >= 11 is 0. The molecule has 0 bridgehead atoms. The highest BCUT2D eigenvalue weighted by atomic mass is 32.2. The number of allylic oxidation sites excluding steroid dienone is 2. The summed E-state index contributed by atoms with van der Waals surface area (Å²) in [5, 5.41) is 9.70. The van der Waals surface area contributed by atoms with E-state index in [-0.39, 0.29) is 35.4 Å². The van der Waals surface area contributed by atoms with Gasteiger partial charge in [0, 0.05) is 52.6 Å². The van der Waals surface area contributed by atoms with Gasteiger partial charge in [-0.05, 0) is 43.0 Å². The number of rotatable bonds is 5. The zero-order chi connectivity index (χ0) is 27.2. The summed E-state index contributed by atoms with van der Waals surface area (Å²) in [7, 11) is -3.17. The first-order chi connectivity index (χ1) is 18.0. The van der Waals surface area contributed by atoms with Gasteiger partial charge in [-0.2, -0.15) is 5.26 Å². The maximum absolute atomic E-state index is 15.1. The van der Waals surface area contributed by atoms with Gasteiger partial charge in [-0.25, -0.2) is 22.8 Å². The normalized spacial score (nSPS) is 22.7. The van der Waals surface area contributed by atoms with E-state index in [9.17, 15) is 18.5 Å². The molecule has 0 unspecified atom stereocenters. The number of aromatic nitrogens is 3. The smallest absolute Gasteiger partial charge is 0.176 e. The number of ketones is 1. The molecule has 1 aromatic carbocycles. The molecule has 2 aromatic heterocycles. The molecule has 0 fully saturated rings. The van der Waals surface area contributed by atoms with Gasteiger partial charge in [0.25, 0.3) is 0 Å². The van der Waals surface area contributed by atoms with Crippen LogP contribution < -0.4 is 0 Å². The molecule has 0 aliphatic heterocycles. The van der Waals surface area contributed by atoms with Gasteiger partial charge >= 0.3 is 0 Å². The molecule has 3 atom stereocenters. The average molecular weight is 531 g/mol. The van der Waals surface area contributed by atoms with Crippen molar-refractivity contribution < 1.29 is 17.6 Å². The zero-order valence-electron chi connectivity index (χ0n) is 21.4. The van der Waals surface area contributed by atoms with Gasteiger partial charge in [0.05, 0.1) is 22.7 Å². The molecule has 0 saturated carbocycles. The Bertz CT molecular complexity index is 1640. The maximum atomic E-state index is 15.1. The fraction of sp³-hybridized carbons (Fsp3) is 0.345. The monoisotopic (exact) mass is 530 g/mol. The Balaban J connectivity index is 1.74. The van der Waals surface area contributed by atoms with Crippen molar-refractivity contribution in [1.82, 2.24) is 15.0 Å². The van der Waals surface area contributed by atoms with E-state index in [1.54, 1.807) is 42.6 Å². The fourth-order valence-electron chi connectivity index (χ4n) is 5.82. The van der Waals surface area contributed by atoms with Gasteiger partial charge in [-0.1, -0.05) is 32.1 Å². The predicted octanol–water partition coefficient (Wildman–Crippen LogP) is 4.42. The van der Waals surface area contributed by atoms with E-state index >= 15 is 4.39 Å². The van der Waals surface area contributed by atoms with Crippen LogP contribution in [0.15, 0.2) is 54.2 Å². The highest BCUT2D eigenvalue weighted by Crippen LogP contribution is 2.51. The number of Topliss-reactive ketones (excluding diaryl/α,β-unsaturated/α-hetero) is 1. The van der Waals surface area contributed by atoms with Crippen LogP contribution in [0.25, 0.3) is 22.6 Å².